The number of nitrogens with zero attached hydrogens (tertiary/aromatic N) is 1. The molecule has 0 unspecified atom stereocenters. The van der Waals surface area contributed by atoms with E-state index in [-0.39, 0.29) is 0 Å². The fraction of sp³-hybridized carbons (Fsp3) is 0.0556. The van der Waals surface area contributed by atoms with E-state index in [0.717, 1.165) is 22.6 Å². The Labute approximate surface area is 118 Å². The van der Waals surface area contributed by atoms with Gasteiger partial charge < -0.3 is 4.42 Å². The van der Waals surface area contributed by atoms with Crippen LogP contribution in [0.1, 0.15) is 17.2 Å². The van der Waals surface area contributed by atoms with Crippen molar-refractivity contribution in [3.63, 3.8) is 0 Å². The second-order valence-corrected chi connectivity index (χ2v) is 4.56. The fourth-order valence-corrected chi connectivity index (χ4v) is 2.09. The van der Waals surface area contributed by atoms with Gasteiger partial charge in [0, 0.05) is 12.5 Å². The van der Waals surface area contributed by atoms with Crippen molar-refractivity contribution in [3.05, 3.63) is 77.9 Å². The molecule has 1 heterocycles. The highest BCUT2D eigenvalue weighted by Crippen LogP contribution is 2.25. The molecule has 0 saturated carbocycles. The number of aryl methyl sites for hydroxylation is 1. The smallest absolute Gasteiger partial charge is 0.192 e. The van der Waals surface area contributed by atoms with Crippen molar-refractivity contribution in [2.75, 3.05) is 0 Å². The Kier molecular flexibility index (Phi) is 3.46. The summed E-state index contributed by atoms with van der Waals surface area (Å²) in [6, 6.07) is 20.2. The maximum Gasteiger partial charge on any atom is 0.192 e. The van der Waals surface area contributed by atoms with Gasteiger partial charge in [0.1, 0.15) is 5.69 Å². The lowest BCUT2D eigenvalue weighted by atomic mass is 10.1. The van der Waals surface area contributed by atoms with Crippen LogP contribution in [0, 0.1) is 6.92 Å². The first-order chi connectivity index (χ1) is 9.83. The molecule has 0 amide bonds. The maximum atomic E-state index is 5.69. The van der Waals surface area contributed by atoms with Crippen molar-refractivity contribution in [2.45, 2.75) is 6.92 Å². The van der Waals surface area contributed by atoms with Crippen molar-refractivity contribution in [2.24, 2.45) is 0 Å². The molecular weight excluding hydrogens is 246 g/mol. The number of benzene rings is 2. The average Bonchev–Trinajstić information content (AvgIpc) is 2.88. The summed E-state index contributed by atoms with van der Waals surface area (Å²) in [6.45, 7) is 1.87. The third-order valence-electron chi connectivity index (χ3n) is 3.03. The Hall–Kier alpha value is -2.61. The zero-order chi connectivity index (χ0) is 13.8. The Balaban J connectivity index is 1.97. The second kappa shape index (κ2) is 5.57. The molecule has 98 valence electrons. The van der Waals surface area contributed by atoms with E-state index in [0.29, 0.717) is 5.89 Å². The molecule has 3 rings (SSSR count). The number of oxazole rings is 1. The van der Waals surface area contributed by atoms with Crippen molar-refractivity contribution in [1.82, 2.24) is 4.98 Å². The van der Waals surface area contributed by atoms with Crippen LogP contribution in [0.3, 0.4) is 0 Å². The summed E-state index contributed by atoms with van der Waals surface area (Å²) >= 11 is 0. The van der Waals surface area contributed by atoms with E-state index in [1.165, 1.54) is 0 Å². The molecule has 1 aromatic heterocycles. The molecule has 2 aromatic carbocycles. The van der Waals surface area contributed by atoms with Crippen LogP contribution in [0.15, 0.2) is 65.1 Å². The molecule has 0 aliphatic rings. The van der Waals surface area contributed by atoms with Crippen LogP contribution in [-0.4, -0.2) is 4.98 Å². The lowest BCUT2D eigenvalue weighted by molar-refractivity contribution is 0.513. The molecular formula is C18H15NO. The van der Waals surface area contributed by atoms with Crippen molar-refractivity contribution in [3.8, 4) is 11.3 Å². The molecule has 0 fully saturated rings. The molecule has 2 nitrogen and oxygen atoms in total. The maximum absolute atomic E-state index is 5.69. The second-order valence-electron chi connectivity index (χ2n) is 4.56. The molecule has 2 heteroatoms. The van der Waals surface area contributed by atoms with E-state index in [1.54, 1.807) is 0 Å². The first-order valence-electron chi connectivity index (χ1n) is 6.59. The van der Waals surface area contributed by atoms with E-state index in [9.17, 15) is 0 Å². The average molecular weight is 261 g/mol. The van der Waals surface area contributed by atoms with Gasteiger partial charge in [0.25, 0.3) is 0 Å². The van der Waals surface area contributed by atoms with Crippen LogP contribution in [-0.2, 0) is 0 Å². The summed E-state index contributed by atoms with van der Waals surface area (Å²) in [7, 11) is 0. The van der Waals surface area contributed by atoms with Gasteiger partial charge in [-0.25, -0.2) is 4.98 Å². The Morgan fingerprint density at radius 3 is 2.20 bits per heavy atom. The van der Waals surface area contributed by atoms with E-state index in [2.05, 4.69) is 17.1 Å². The SMILES string of the molecule is Cc1nc(-c2ccccc2)c(/C=C/c2ccccc2)o1. The van der Waals surface area contributed by atoms with Crippen LogP contribution < -0.4 is 0 Å². The Bertz CT molecular complexity index is 712. The van der Waals surface area contributed by atoms with Crippen LogP contribution in [0.2, 0.25) is 0 Å². The van der Waals surface area contributed by atoms with Gasteiger partial charge in [0.2, 0.25) is 0 Å². The van der Waals surface area contributed by atoms with Gasteiger partial charge in [-0.15, -0.1) is 0 Å². The lowest BCUT2D eigenvalue weighted by Crippen LogP contribution is -1.80. The van der Waals surface area contributed by atoms with E-state index in [4.69, 9.17) is 4.42 Å². The van der Waals surface area contributed by atoms with Crippen LogP contribution >= 0.6 is 0 Å². The van der Waals surface area contributed by atoms with Crippen LogP contribution in [0.4, 0.5) is 0 Å². The summed E-state index contributed by atoms with van der Waals surface area (Å²) < 4.78 is 5.69. The molecule has 0 N–H and O–H groups in total. The largest absolute Gasteiger partial charge is 0.441 e. The summed E-state index contributed by atoms with van der Waals surface area (Å²) in [4.78, 5) is 4.48. The summed E-state index contributed by atoms with van der Waals surface area (Å²) in [5.41, 5.74) is 3.09. The minimum atomic E-state index is 0.677. The normalized spacial score (nSPS) is 11.1. The molecule has 0 atom stereocenters. The predicted molar refractivity (Wildman–Crippen MR) is 82.0 cm³/mol. The van der Waals surface area contributed by atoms with Gasteiger partial charge in [-0.2, -0.15) is 0 Å². The van der Waals surface area contributed by atoms with Gasteiger partial charge in [-0.05, 0) is 11.6 Å². The predicted octanol–water partition coefficient (Wildman–Crippen LogP) is 4.82. The number of aromatic nitrogens is 1. The standard InChI is InChI=1S/C18H15NO/c1-14-19-18(16-10-6-3-7-11-16)17(20-14)13-12-15-8-4-2-5-9-15/h2-13H,1H3/b13-12+. The third kappa shape index (κ3) is 2.69. The van der Waals surface area contributed by atoms with Gasteiger partial charge in [-0.1, -0.05) is 66.7 Å². The third-order valence-corrected chi connectivity index (χ3v) is 3.03. The highest BCUT2D eigenvalue weighted by molar-refractivity contribution is 5.76. The summed E-state index contributed by atoms with van der Waals surface area (Å²) in [6.07, 6.45) is 4.00. The van der Waals surface area contributed by atoms with Gasteiger partial charge >= 0.3 is 0 Å². The quantitative estimate of drug-likeness (QED) is 0.675. The van der Waals surface area contributed by atoms with E-state index >= 15 is 0 Å². The lowest BCUT2D eigenvalue weighted by Gasteiger charge is -1.97. The van der Waals surface area contributed by atoms with Crippen LogP contribution in [0.25, 0.3) is 23.4 Å². The van der Waals surface area contributed by atoms with E-state index < -0.39 is 0 Å². The number of hydrogen-bond donors (Lipinski definition) is 0. The van der Waals surface area contributed by atoms with Crippen molar-refractivity contribution < 1.29 is 4.42 Å². The van der Waals surface area contributed by atoms with Gasteiger partial charge in [0.15, 0.2) is 11.7 Å². The summed E-state index contributed by atoms with van der Waals surface area (Å²) in [5.74, 6) is 1.47. The highest BCUT2D eigenvalue weighted by Gasteiger charge is 2.10. The van der Waals surface area contributed by atoms with Gasteiger partial charge in [0.05, 0.1) is 0 Å². The van der Waals surface area contributed by atoms with Crippen LogP contribution in [0.5, 0.6) is 0 Å². The Morgan fingerprint density at radius 2 is 1.50 bits per heavy atom. The molecule has 0 spiro atoms. The molecule has 0 aliphatic heterocycles. The van der Waals surface area contributed by atoms with Gasteiger partial charge in [-0.3, -0.25) is 0 Å². The molecule has 0 radical (unpaired) electrons. The highest BCUT2D eigenvalue weighted by atomic mass is 16.4. The molecule has 20 heavy (non-hydrogen) atoms. The fourth-order valence-electron chi connectivity index (χ4n) is 2.09. The van der Waals surface area contributed by atoms with Crippen molar-refractivity contribution >= 4 is 12.2 Å². The monoisotopic (exact) mass is 261 g/mol. The topological polar surface area (TPSA) is 26.0 Å². The number of hydrogen-bond acceptors (Lipinski definition) is 2. The zero-order valence-electron chi connectivity index (χ0n) is 11.3. The first-order valence-corrected chi connectivity index (χ1v) is 6.59. The molecule has 0 saturated heterocycles. The first kappa shape index (κ1) is 12.4. The zero-order valence-corrected chi connectivity index (χ0v) is 11.3. The molecule has 0 aliphatic carbocycles. The van der Waals surface area contributed by atoms with Crippen molar-refractivity contribution in [1.29, 1.82) is 0 Å². The minimum absolute atomic E-state index is 0.677. The molecule has 0 bridgehead atoms. The minimum Gasteiger partial charge on any atom is -0.441 e. The summed E-state index contributed by atoms with van der Waals surface area (Å²) in [5, 5.41) is 0. The Morgan fingerprint density at radius 1 is 0.850 bits per heavy atom. The van der Waals surface area contributed by atoms with E-state index in [1.807, 2.05) is 67.6 Å². The molecule has 3 aromatic rings. The number of rotatable bonds is 3.